The van der Waals surface area contributed by atoms with Gasteiger partial charge < -0.3 is 18.9 Å². The van der Waals surface area contributed by atoms with Gasteiger partial charge in [0, 0.05) is 0 Å². The van der Waals surface area contributed by atoms with Gasteiger partial charge in [-0.25, -0.2) is 0 Å². The number of carbonyl (C=O) groups excluding carboxylic acids is 2. The fourth-order valence-electron chi connectivity index (χ4n) is 2.85. The summed E-state index contributed by atoms with van der Waals surface area (Å²) in [7, 11) is 2.81. The molecule has 1 rings (SSSR count). The molecule has 0 unspecified atom stereocenters. The van der Waals surface area contributed by atoms with Crippen LogP contribution >= 0.6 is 15.9 Å². The smallest absolute Gasteiger partial charge is 0.311 e. The summed E-state index contributed by atoms with van der Waals surface area (Å²) in [5, 5.41) is 0. The summed E-state index contributed by atoms with van der Waals surface area (Å²) in [6.45, 7) is 8.49. The number of ether oxygens (including phenoxy) is 4. The van der Waals surface area contributed by atoms with Crippen molar-refractivity contribution in [2.45, 2.75) is 53.4 Å². The Morgan fingerprint density at radius 2 is 1.34 bits per heavy atom. The molecule has 0 fully saturated rings. The standard InChI is InChI=1S/C22H33BrO6/c1-21(2,19(24)26-5)11-7-13-28-16-9-10-18(17(23)15-16)29-14-8-12-22(3,4)20(25)27-6/h9-10,15H,7-8,11-14H2,1-6H3. The third-order valence-electron chi connectivity index (χ3n) is 4.80. The lowest BCUT2D eigenvalue weighted by Gasteiger charge is -2.21. The predicted molar refractivity (Wildman–Crippen MR) is 115 cm³/mol. The second-order valence-corrected chi connectivity index (χ2v) is 9.10. The van der Waals surface area contributed by atoms with Crippen LogP contribution < -0.4 is 9.47 Å². The van der Waals surface area contributed by atoms with E-state index in [1.165, 1.54) is 14.2 Å². The second-order valence-electron chi connectivity index (χ2n) is 8.25. The van der Waals surface area contributed by atoms with Gasteiger partial charge in [-0.1, -0.05) is 0 Å². The van der Waals surface area contributed by atoms with E-state index in [9.17, 15) is 9.59 Å². The Bertz CT molecular complexity index is 684. The Balaban J connectivity index is 2.42. The fourth-order valence-corrected chi connectivity index (χ4v) is 3.32. The molecule has 0 aromatic heterocycles. The predicted octanol–water partition coefficient (Wildman–Crippen LogP) is 5.17. The van der Waals surface area contributed by atoms with Gasteiger partial charge in [-0.15, -0.1) is 0 Å². The maximum atomic E-state index is 11.7. The highest BCUT2D eigenvalue weighted by molar-refractivity contribution is 9.10. The lowest BCUT2D eigenvalue weighted by atomic mass is 9.88. The molecular formula is C22H33BrO6. The molecule has 6 nitrogen and oxygen atoms in total. The molecule has 7 heteroatoms. The zero-order valence-electron chi connectivity index (χ0n) is 18.3. The van der Waals surface area contributed by atoms with Gasteiger partial charge in [0.15, 0.2) is 0 Å². The molecule has 0 atom stereocenters. The first-order valence-electron chi connectivity index (χ1n) is 9.75. The average molecular weight is 473 g/mol. The minimum absolute atomic E-state index is 0.211. The van der Waals surface area contributed by atoms with E-state index >= 15 is 0 Å². The maximum absolute atomic E-state index is 11.7. The summed E-state index contributed by atoms with van der Waals surface area (Å²) in [5.74, 6) is 1.03. The van der Waals surface area contributed by atoms with E-state index in [1.807, 2.05) is 45.9 Å². The average Bonchev–Trinajstić information content (AvgIpc) is 2.68. The number of esters is 2. The molecule has 164 valence electrons. The molecule has 0 heterocycles. The van der Waals surface area contributed by atoms with E-state index in [2.05, 4.69) is 15.9 Å². The normalized spacial score (nSPS) is 11.7. The van der Waals surface area contributed by atoms with Gasteiger partial charge >= 0.3 is 11.9 Å². The molecule has 0 amide bonds. The second kappa shape index (κ2) is 11.4. The van der Waals surface area contributed by atoms with Crippen molar-refractivity contribution in [2.24, 2.45) is 10.8 Å². The Kier molecular flexibility index (Phi) is 9.96. The molecule has 29 heavy (non-hydrogen) atoms. The van der Waals surface area contributed by atoms with Crippen molar-refractivity contribution in [3.8, 4) is 11.5 Å². The SMILES string of the molecule is COC(=O)C(C)(C)CCCOc1ccc(OCCCC(C)(C)C(=O)OC)c(Br)c1. The number of carbonyl (C=O) groups is 2. The van der Waals surface area contributed by atoms with Crippen molar-refractivity contribution in [2.75, 3.05) is 27.4 Å². The molecule has 0 saturated heterocycles. The first-order chi connectivity index (χ1) is 13.5. The third-order valence-corrected chi connectivity index (χ3v) is 5.42. The largest absolute Gasteiger partial charge is 0.494 e. The topological polar surface area (TPSA) is 71.1 Å². The van der Waals surface area contributed by atoms with Gasteiger partial charge in [-0.3, -0.25) is 9.59 Å². The molecule has 1 aromatic carbocycles. The molecule has 0 spiro atoms. The van der Waals surface area contributed by atoms with Gasteiger partial charge in [-0.05, 0) is 87.5 Å². The summed E-state index contributed by atoms with van der Waals surface area (Å²) in [6.07, 6.45) is 2.85. The molecule has 0 aliphatic rings. The van der Waals surface area contributed by atoms with E-state index in [1.54, 1.807) is 0 Å². The summed E-state index contributed by atoms with van der Waals surface area (Å²) in [4.78, 5) is 23.4. The highest BCUT2D eigenvalue weighted by atomic mass is 79.9. The zero-order chi connectivity index (χ0) is 22.1. The van der Waals surface area contributed by atoms with Crippen LogP contribution in [0.2, 0.25) is 0 Å². The van der Waals surface area contributed by atoms with E-state index in [0.29, 0.717) is 26.1 Å². The summed E-state index contributed by atoms with van der Waals surface area (Å²) in [6, 6.07) is 5.56. The molecular weight excluding hydrogens is 440 g/mol. The number of halogens is 1. The molecule has 0 aliphatic heterocycles. The van der Waals surface area contributed by atoms with Crippen LogP contribution in [0.1, 0.15) is 53.4 Å². The zero-order valence-corrected chi connectivity index (χ0v) is 19.9. The molecule has 0 radical (unpaired) electrons. The Hall–Kier alpha value is -1.76. The molecule has 0 saturated carbocycles. The van der Waals surface area contributed by atoms with Crippen LogP contribution in [0.15, 0.2) is 22.7 Å². The lowest BCUT2D eigenvalue weighted by molar-refractivity contribution is -0.152. The number of benzene rings is 1. The van der Waals surface area contributed by atoms with Crippen molar-refractivity contribution in [3.05, 3.63) is 22.7 Å². The van der Waals surface area contributed by atoms with Crippen molar-refractivity contribution in [1.82, 2.24) is 0 Å². The van der Waals surface area contributed by atoms with E-state index in [4.69, 9.17) is 18.9 Å². The lowest BCUT2D eigenvalue weighted by Crippen LogP contribution is -2.26. The van der Waals surface area contributed by atoms with Crippen molar-refractivity contribution < 1.29 is 28.5 Å². The number of methoxy groups -OCH3 is 2. The minimum Gasteiger partial charge on any atom is -0.494 e. The number of rotatable bonds is 12. The summed E-state index contributed by atoms with van der Waals surface area (Å²) in [5.41, 5.74) is -1.03. The first kappa shape index (κ1) is 25.3. The van der Waals surface area contributed by atoms with Gasteiger partial charge in [0.25, 0.3) is 0 Å². The van der Waals surface area contributed by atoms with Crippen LogP contribution in [-0.4, -0.2) is 39.4 Å². The monoisotopic (exact) mass is 472 g/mol. The van der Waals surface area contributed by atoms with Gasteiger partial charge in [-0.2, -0.15) is 0 Å². The van der Waals surface area contributed by atoms with E-state index in [-0.39, 0.29) is 11.9 Å². The van der Waals surface area contributed by atoms with Crippen LogP contribution in [0.4, 0.5) is 0 Å². The maximum Gasteiger partial charge on any atom is 0.311 e. The van der Waals surface area contributed by atoms with Crippen LogP contribution in [-0.2, 0) is 19.1 Å². The van der Waals surface area contributed by atoms with E-state index in [0.717, 1.165) is 28.8 Å². The highest BCUT2D eigenvalue weighted by Gasteiger charge is 2.28. The number of hydrogen-bond acceptors (Lipinski definition) is 6. The van der Waals surface area contributed by atoms with Gasteiger partial charge in [0.05, 0.1) is 42.7 Å². The molecule has 1 aromatic rings. The molecule has 0 aliphatic carbocycles. The summed E-state index contributed by atoms with van der Waals surface area (Å²) < 4.78 is 22.0. The Labute approximate surface area is 182 Å². The van der Waals surface area contributed by atoms with Crippen molar-refractivity contribution in [3.63, 3.8) is 0 Å². The summed E-state index contributed by atoms with van der Waals surface area (Å²) >= 11 is 3.50. The van der Waals surface area contributed by atoms with E-state index < -0.39 is 10.8 Å². The van der Waals surface area contributed by atoms with Gasteiger partial charge in [0.1, 0.15) is 11.5 Å². The van der Waals surface area contributed by atoms with Crippen LogP contribution in [0.3, 0.4) is 0 Å². The van der Waals surface area contributed by atoms with Crippen LogP contribution in [0, 0.1) is 10.8 Å². The van der Waals surface area contributed by atoms with Crippen molar-refractivity contribution >= 4 is 27.9 Å². The molecule has 0 N–H and O–H groups in total. The van der Waals surface area contributed by atoms with Crippen LogP contribution in [0.25, 0.3) is 0 Å². The first-order valence-corrected chi connectivity index (χ1v) is 10.5. The number of hydrogen-bond donors (Lipinski definition) is 0. The third kappa shape index (κ3) is 8.25. The Morgan fingerprint density at radius 1 is 0.862 bits per heavy atom. The van der Waals surface area contributed by atoms with Gasteiger partial charge in [0.2, 0.25) is 0 Å². The highest BCUT2D eigenvalue weighted by Crippen LogP contribution is 2.31. The minimum atomic E-state index is -0.518. The molecule has 0 bridgehead atoms. The van der Waals surface area contributed by atoms with Crippen molar-refractivity contribution in [1.29, 1.82) is 0 Å². The van der Waals surface area contributed by atoms with Crippen LogP contribution in [0.5, 0.6) is 11.5 Å². The Morgan fingerprint density at radius 3 is 1.79 bits per heavy atom. The fraction of sp³-hybridized carbons (Fsp3) is 0.636. The quantitative estimate of drug-likeness (QED) is 0.308.